The fraction of sp³-hybridized carbons (Fsp3) is 0.0364. The number of hydrogen-bond acceptors (Lipinski definition) is 5. The van der Waals surface area contributed by atoms with E-state index in [0.29, 0.717) is 0 Å². The van der Waals surface area contributed by atoms with E-state index >= 15 is 0 Å². The number of rotatable bonds is 6. The molecule has 0 saturated heterocycles. The van der Waals surface area contributed by atoms with Gasteiger partial charge in [0.2, 0.25) is 0 Å². The predicted molar refractivity (Wildman–Crippen MR) is 252 cm³/mol. The summed E-state index contributed by atoms with van der Waals surface area (Å²) in [5.41, 5.74) is 12.0. The van der Waals surface area contributed by atoms with Crippen molar-refractivity contribution >= 4 is 70.1 Å². The van der Waals surface area contributed by atoms with Gasteiger partial charge in [-0.1, -0.05) is 176 Å². The largest absolute Gasteiger partial charge is 0.456 e. The van der Waals surface area contributed by atoms with Crippen molar-refractivity contribution in [2.24, 2.45) is 4.99 Å². The van der Waals surface area contributed by atoms with Gasteiger partial charge >= 0.3 is 0 Å². The van der Waals surface area contributed by atoms with E-state index in [9.17, 15) is 0 Å². The molecule has 284 valence electrons. The molecule has 3 heterocycles. The quantitative estimate of drug-likeness (QED) is 0.176. The third-order valence-corrected chi connectivity index (χ3v) is 13.2. The molecular formula is C55H37N3OS. The normalized spacial score (nSPS) is 15.5. The van der Waals surface area contributed by atoms with Crippen LogP contribution in [0.25, 0.3) is 86.3 Å². The average molecular weight is 788 g/mol. The zero-order valence-electron chi connectivity index (χ0n) is 32.5. The topological polar surface area (TPSA) is 49.6 Å². The minimum absolute atomic E-state index is 0.358. The van der Waals surface area contributed by atoms with E-state index in [1.165, 1.54) is 47.8 Å². The Kier molecular flexibility index (Phi) is 8.22. The number of aliphatic imine (C=N–C) groups is 1. The molecule has 1 aliphatic heterocycles. The Labute approximate surface area is 351 Å². The van der Waals surface area contributed by atoms with Crippen molar-refractivity contribution in [3.05, 3.63) is 217 Å². The molecule has 0 spiro atoms. The zero-order chi connectivity index (χ0) is 39.6. The van der Waals surface area contributed by atoms with Gasteiger partial charge in [0.15, 0.2) is 0 Å². The molecule has 2 N–H and O–H groups in total. The van der Waals surface area contributed by atoms with Crippen LogP contribution >= 0.6 is 11.3 Å². The highest BCUT2D eigenvalue weighted by Crippen LogP contribution is 2.45. The smallest absolute Gasteiger partial charge is 0.136 e. The summed E-state index contributed by atoms with van der Waals surface area (Å²) in [6, 6.07) is 71.5. The van der Waals surface area contributed by atoms with Gasteiger partial charge in [-0.25, -0.2) is 4.99 Å². The molecule has 4 nitrogen and oxygen atoms in total. The lowest BCUT2D eigenvalue weighted by Crippen LogP contribution is -2.45. The van der Waals surface area contributed by atoms with Crippen LogP contribution in [0.3, 0.4) is 0 Å². The molecule has 11 aromatic rings. The van der Waals surface area contributed by atoms with Crippen LogP contribution in [0.4, 0.5) is 0 Å². The Bertz CT molecular complexity index is 3440. The highest BCUT2D eigenvalue weighted by Gasteiger charge is 2.32. The van der Waals surface area contributed by atoms with Gasteiger partial charge in [-0.05, 0) is 68.4 Å². The fourth-order valence-electron chi connectivity index (χ4n) is 9.15. The van der Waals surface area contributed by atoms with Gasteiger partial charge in [0.05, 0.1) is 0 Å². The van der Waals surface area contributed by atoms with Crippen LogP contribution in [-0.4, -0.2) is 5.84 Å². The lowest BCUT2D eigenvalue weighted by atomic mass is 9.88. The monoisotopic (exact) mass is 787 g/mol. The molecule has 0 fully saturated rings. The minimum atomic E-state index is -0.365. The summed E-state index contributed by atoms with van der Waals surface area (Å²) in [4.78, 5) is 5.54. The van der Waals surface area contributed by atoms with Crippen molar-refractivity contribution in [2.45, 2.75) is 12.3 Å². The van der Waals surface area contributed by atoms with Gasteiger partial charge in [-0.15, -0.1) is 11.3 Å². The van der Waals surface area contributed by atoms with Gasteiger partial charge in [0, 0.05) is 47.6 Å². The maximum atomic E-state index is 6.78. The molecule has 1 aliphatic rings. The molecule has 0 bridgehead atoms. The minimum Gasteiger partial charge on any atom is -0.456 e. The number of fused-ring (bicyclic) bond motifs is 7. The third kappa shape index (κ3) is 5.82. The third-order valence-electron chi connectivity index (χ3n) is 12.0. The predicted octanol–water partition coefficient (Wildman–Crippen LogP) is 14.4. The summed E-state index contributed by atoms with van der Waals surface area (Å²) in [6.07, 6.45) is -0.723. The van der Waals surface area contributed by atoms with Crippen LogP contribution in [0.1, 0.15) is 29.0 Å². The Balaban J connectivity index is 1.11. The van der Waals surface area contributed by atoms with Crippen LogP contribution in [0, 0.1) is 0 Å². The van der Waals surface area contributed by atoms with Crippen molar-refractivity contribution in [2.75, 3.05) is 0 Å². The van der Waals surface area contributed by atoms with Crippen molar-refractivity contribution < 1.29 is 4.42 Å². The average Bonchev–Trinajstić information content (AvgIpc) is 3.89. The standard InChI is InChI=1S/C55H37N3OS/c1-3-14-34(15-4-1)35-26-28-37(29-27-35)53-56-54(45-24-13-23-44-42-22-11-12-25-49(42)60-52(44)45)58-55(57-53)51-43(41-21-10-9-20-40(41)36-16-5-2-6-17-36)30-31-47-50(51)46-32-38-18-7-8-19-39(38)33-48(46)59-47/h1-33,54-55,58H,(H,56,57). The zero-order valence-corrected chi connectivity index (χ0v) is 33.3. The van der Waals surface area contributed by atoms with Crippen LogP contribution < -0.4 is 10.6 Å². The van der Waals surface area contributed by atoms with E-state index in [1.54, 1.807) is 0 Å². The number of benzene rings is 9. The molecule has 12 rings (SSSR count). The van der Waals surface area contributed by atoms with Crippen molar-refractivity contribution in [3.63, 3.8) is 0 Å². The van der Waals surface area contributed by atoms with Crippen LogP contribution in [0.5, 0.6) is 0 Å². The summed E-state index contributed by atoms with van der Waals surface area (Å²) >= 11 is 1.84. The molecule has 60 heavy (non-hydrogen) atoms. The maximum absolute atomic E-state index is 6.78. The summed E-state index contributed by atoms with van der Waals surface area (Å²) in [5.74, 6) is 0.832. The van der Waals surface area contributed by atoms with Gasteiger partial charge in [0.1, 0.15) is 29.3 Å². The second-order valence-electron chi connectivity index (χ2n) is 15.5. The van der Waals surface area contributed by atoms with Gasteiger partial charge in [-0.2, -0.15) is 0 Å². The van der Waals surface area contributed by atoms with Crippen LogP contribution in [0.15, 0.2) is 210 Å². The molecule has 0 radical (unpaired) electrons. The second kappa shape index (κ2) is 14.2. The van der Waals surface area contributed by atoms with Gasteiger partial charge < -0.3 is 9.73 Å². The van der Waals surface area contributed by atoms with E-state index in [2.05, 4.69) is 211 Å². The molecule has 5 heteroatoms. The Morgan fingerprint density at radius 3 is 1.93 bits per heavy atom. The molecule has 9 aromatic carbocycles. The molecule has 2 unspecified atom stereocenters. The summed E-state index contributed by atoms with van der Waals surface area (Å²) < 4.78 is 9.30. The van der Waals surface area contributed by atoms with Crippen LogP contribution in [-0.2, 0) is 0 Å². The molecule has 0 saturated carbocycles. The number of furan rings is 1. The SMILES string of the molecule is c1ccc(-c2ccc(C3=NC(c4cccc5c4sc4ccccc45)NC(c4c(-c5ccccc5-c5ccccc5)ccc5oc6cc7ccccc7cc6c45)N3)cc2)cc1. The van der Waals surface area contributed by atoms with E-state index < -0.39 is 0 Å². The number of thiophene rings is 1. The number of nitrogens with zero attached hydrogens (tertiary/aromatic N) is 1. The van der Waals surface area contributed by atoms with Crippen molar-refractivity contribution in [1.29, 1.82) is 0 Å². The van der Waals surface area contributed by atoms with E-state index in [0.717, 1.165) is 61.0 Å². The highest BCUT2D eigenvalue weighted by molar-refractivity contribution is 7.26. The van der Waals surface area contributed by atoms with Crippen LogP contribution in [0.2, 0.25) is 0 Å². The van der Waals surface area contributed by atoms with Crippen molar-refractivity contribution in [1.82, 2.24) is 10.6 Å². The molecule has 2 atom stereocenters. The Morgan fingerprint density at radius 1 is 0.467 bits per heavy atom. The molecule has 0 aliphatic carbocycles. The number of hydrogen-bond donors (Lipinski definition) is 2. The maximum Gasteiger partial charge on any atom is 0.136 e. The first-order chi connectivity index (χ1) is 29.7. The fourth-order valence-corrected chi connectivity index (χ4v) is 10.4. The summed E-state index contributed by atoms with van der Waals surface area (Å²) in [6.45, 7) is 0. The molecular weight excluding hydrogens is 751 g/mol. The Hall–Kier alpha value is -7.31. The van der Waals surface area contributed by atoms with Gasteiger partial charge in [-0.3, -0.25) is 5.32 Å². The molecule has 2 aromatic heterocycles. The first-order valence-corrected chi connectivity index (χ1v) is 21.2. The van der Waals surface area contributed by atoms with E-state index in [-0.39, 0.29) is 12.3 Å². The van der Waals surface area contributed by atoms with Crippen molar-refractivity contribution in [3.8, 4) is 33.4 Å². The lowest BCUT2D eigenvalue weighted by molar-refractivity contribution is 0.413. The summed E-state index contributed by atoms with van der Waals surface area (Å²) in [7, 11) is 0. The lowest BCUT2D eigenvalue weighted by Gasteiger charge is -2.34. The Morgan fingerprint density at radius 2 is 1.12 bits per heavy atom. The number of amidine groups is 1. The van der Waals surface area contributed by atoms with E-state index in [1.807, 2.05) is 11.3 Å². The summed E-state index contributed by atoms with van der Waals surface area (Å²) in [5, 5.41) is 15.1. The highest BCUT2D eigenvalue weighted by atomic mass is 32.1. The molecule has 0 amide bonds. The van der Waals surface area contributed by atoms with Gasteiger partial charge in [0.25, 0.3) is 0 Å². The second-order valence-corrected chi connectivity index (χ2v) is 16.6. The first-order valence-electron chi connectivity index (χ1n) is 20.4. The van der Waals surface area contributed by atoms with E-state index in [4.69, 9.17) is 9.41 Å². The first kappa shape index (κ1) is 34.7. The number of nitrogens with one attached hydrogen (secondary N) is 2.